The fourth-order valence-corrected chi connectivity index (χ4v) is 3.78. The van der Waals surface area contributed by atoms with Crippen LogP contribution < -0.4 is 10.6 Å². The predicted octanol–water partition coefficient (Wildman–Crippen LogP) is 2.57. The zero-order valence-electron chi connectivity index (χ0n) is 16.6. The Morgan fingerprint density at radius 3 is 2.93 bits per heavy atom. The quantitative estimate of drug-likeness (QED) is 0.618. The SMILES string of the molecule is O=C(NCc1nccn1CCCc1ccccc1)c1ccn(C2CCCNC2)n1. The molecule has 0 saturated carbocycles. The van der Waals surface area contributed by atoms with Gasteiger partial charge >= 0.3 is 0 Å². The normalized spacial score (nSPS) is 16.6. The highest BCUT2D eigenvalue weighted by atomic mass is 16.1. The van der Waals surface area contributed by atoms with Crippen molar-refractivity contribution in [2.45, 2.75) is 44.8 Å². The van der Waals surface area contributed by atoms with E-state index < -0.39 is 0 Å². The van der Waals surface area contributed by atoms with Crippen molar-refractivity contribution in [1.82, 2.24) is 30.0 Å². The summed E-state index contributed by atoms with van der Waals surface area (Å²) in [5.41, 5.74) is 1.80. The third kappa shape index (κ3) is 5.12. The Morgan fingerprint density at radius 1 is 1.21 bits per heavy atom. The minimum atomic E-state index is -0.161. The number of nitrogens with one attached hydrogen (secondary N) is 2. The minimum absolute atomic E-state index is 0.161. The van der Waals surface area contributed by atoms with Crippen molar-refractivity contribution in [2.75, 3.05) is 13.1 Å². The molecule has 3 aromatic rings. The van der Waals surface area contributed by atoms with Gasteiger partial charge in [-0.25, -0.2) is 4.98 Å². The number of carbonyl (C=O) groups is 1. The number of nitrogens with zero attached hydrogens (tertiary/aromatic N) is 4. The van der Waals surface area contributed by atoms with Crippen molar-refractivity contribution in [3.8, 4) is 0 Å². The van der Waals surface area contributed by atoms with Gasteiger partial charge in [0.1, 0.15) is 11.5 Å². The zero-order valence-corrected chi connectivity index (χ0v) is 16.6. The second-order valence-electron chi connectivity index (χ2n) is 7.49. The van der Waals surface area contributed by atoms with Crippen molar-refractivity contribution in [2.24, 2.45) is 0 Å². The van der Waals surface area contributed by atoms with Crippen LogP contribution >= 0.6 is 0 Å². The van der Waals surface area contributed by atoms with Crippen molar-refractivity contribution in [3.05, 3.63) is 72.1 Å². The summed E-state index contributed by atoms with van der Waals surface area (Å²) < 4.78 is 4.01. The van der Waals surface area contributed by atoms with Crippen molar-refractivity contribution in [3.63, 3.8) is 0 Å². The smallest absolute Gasteiger partial charge is 0.272 e. The minimum Gasteiger partial charge on any atom is -0.343 e. The monoisotopic (exact) mass is 392 g/mol. The fourth-order valence-electron chi connectivity index (χ4n) is 3.78. The van der Waals surface area contributed by atoms with Gasteiger partial charge in [0.05, 0.1) is 12.6 Å². The number of amides is 1. The van der Waals surface area contributed by atoms with Gasteiger partial charge in [-0.3, -0.25) is 9.48 Å². The first-order valence-corrected chi connectivity index (χ1v) is 10.4. The van der Waals surface area contributed by atoms with Crippen LogP contribution in [0.4, 0.5) is 0 Å². The second-order valence-corrected chi connectivity index (χ2v) is 7.49. The maximum Gasteiger partial charge on any atom is 0.272 e. The van der Waals surface area contributed by atoms with Gasteiger partial charge in [-0.05, 0) is 43.9 Å². The molecular formula is C22H28N6O. The van der Waals surface area contributed by atoms with Crippen LogP contribution in [0.5, 0.6) is 0 Å². The Labute approximate surface area is 171 Å². The van der Waals surface area contributed by atoms with Crippen LogP contribution in [0.3, 0.4) is 0 Å². The van der Waals surface area contributed by atoms with Gasteiger partial charge in [0.15, 0.2) is 0 Å². The standard InChI is InChI=1S/C22H28N6O/c29-22(20-10-14-28(26-20)19-9-4-11-23-16-19)25-17-21-24-12-15-27(21)13-5-8-18-6-2-1-3-7-18/h1-3,6-7,10,12,14-15,19,23H,4-5,8-9,11,13,16-17H2,(H,25,29). The van der Waals surface area contributed by atoms with Crippen LogP contribution in [-0.2, 0) is 19.5 Å². The van der Waals surface area contributed by atoms with E-state index in [1.807, 2.05) is 23.1 Å². The van der Waals surface area contributed by atoms with Gasteiger partial charge in [-0.15, -0.1) is 0 Å². The molecule has 4 rings (SSSR count). The number of hydrogen-bond acceptors (Lipinski definition) is 4. The number of piperidine rings is 1. The number of rotatable bonds is 8. The maximum atomic E-state index is 12.5. The lowest BCUT2D eigenvalue weighted by Crippen LogP contribution is -2.32. The van der Waals surface area contributed by atoms with E-state index in [4.69, 9.17) is 0 Å². The first kappa shape index (κ1) is 19.4. The number of benzene rings is 1. The first-order chi connectivity index (χ1) is 14.3. The molecule has 1 atom stereocenters. The summed E-state index contributed by atoms with van der Waals surface area (Å²) in [7, 11) is 0. The van der Waals surface area contributed by atoms with Gasteiger partial charge in [0.25, 0.3) is 5.91 Å². The Balaban J connectivity index is 1.27. The molecule has 7 nitrogen and oxygen atoms in total. The summed E-state index contributed by atoms with van der Waals surface area (Å²) in [5, 5.41) is 10.8. The van der Waals surface area contributed by atoms with E-state index in [9.17, 15) is 4.79 Å². The molecule has 3 heterocycles. The molecule has 0 spiro atoms. The highest BCUT2D eigenvalue weighted by molar-refractivity contribution is 5.92. The van der Waals surface area contributed by atoms with Crippen LogP contribution in [0.2, 0.25) is 0 Å². The molecule has 1 amide bonds. The van der Waals surface area contributed by atoms with Crippen molar-refractivity contribution < 1.29 is 4.79 Å². The molecule has 2 N–H and O–H groups in total. The third-order valence-electron chi connectivity index (χ3n) is 5.40. The number of imidazole rings is 1. The Morgan fingerprint density at radius 2 is 2.10 bits per heavy atom. The van der Waals surface area contributed by atoms with Gasteiger partial charge in [-0.2, -0.15) is 5.10 Å². The summed E-state index contributed by atoms with van der Waals surface area (Å²) in [6.07, 6.45) is 9.94. The molecule has 1 aliphatic rings. The number of hydrogen-bond donors (Lipinski definition) is 2. The van der Waals surface area contributed by atoms with Crippen LogP contribution in [-0.4, -0.2) is 38.3 Å². The highest BCUT2D eigenvalue weighted by Gasteiger charge is 2.18. The molecule has 1 fully saturated rings. The Hall–Kier alpha value is -2.93. The molecule has 2 aromatic heterocycles. The van der Waals surface area contributed by atoms with E-state index in [0.717, 1.165) is 51.1 Å². The predicted molar refractivity (Wildman–Crippen MR) is 112 cm³/mol. The van der Waals surface area contributed by atoms with Gasteiger partial charge in [0.2, 0.25) is 0 Å². The third-order valence-corrected chi connectivity index (χ3v) is 5.40. The number of aromatic nitrogens is 4. The summed E-state index contributed by atoms with van der Waals surface area (Å²) >= 11 is 0. The highest BCUT2D eigenvalue weighted by Crippen LogP contribution is 2.15. The topological polar surface area (TPSA) is 76.8 Å². The van der Waals surface area contributed by atoms with Crippen LogP contribution in [0.15, 0.2) is 55.0 Å². The largest absolute Gasteiger partial charge is 0.343 e. The summed E-state index contributed by atoms with van der Waals surface area (Å²) in [6, 6.07) is 12.6. The number of carbonyl (C=O) groups excluding carboxylic acids is 1. The van der Waals surface area contributed by atoms with E-state index in [1.54, 1.807) is 12.3 Å². The first-order valence-electron chi connectivity index (χ1n) is 10.4. The number of aryl methyl sites for hydroxylation is 2. The van der Waals surface area contributed by atoms with Crippen LogP contribution in [0.25, 0.3) is 0 Å². The second kappa shape index (κ2) is 9.52. The van der Waals surface area contributed by atoms with Crippen molar-refractivity contribution in [1.29, 1.82) is 0 Å². The van der Waals surface area contributed by atoms with E-state index >= 15 is 0 Å². The molecule has 0 bridgehead atoms. The molecule has 0 aliphatic carbocycles. The zero-order chi connectivity index (χ0) is 19.9. The molecule has 1 aromatic carbocycles. The van der Waals surface area contributed by atoms with Crippen LogP contribution in [0, 0.1) is 0 Å². The molecule has 1 unspecified atom stereocenters. The lowest BCUT2D eigenvalue weighted by atomic mass is 10.1. The molecule has 152 valence electrons. The van der Waals surface area contributed by atoms with Gasteiger partial charge in [0, 0.05) is 31.7 Å². The summed E-state index contributed by atoms with van der Waals surface area (Å²) in [4.78, 5) is 16.9. The molecule has 7 heteroatoms. The molecule has 1 saturated heterocycles. The van der Waals surface area contributed by atoms with E-state index in [1.165, 1.54) is 5.56 Å². The maximum absolute atomic E-state index is 12.5. The Bertz CT molecular complexity index is 910. The fraction of sp³-hybridized carbons (Fsp3) is 0.409. The molecular weight excluding hydrogens is 364 g/mol. The van der Waals surface area contributed by atoms with E-state index in [2.05, 4.69) is 49.5 Å². The van der Waals surface area contributed by atoms with Gasteiger partial charge < -0.3 is 15.2 Å². The van der Waals surface area contributed by atoms with E-state index in [-0.39, 0.29) is 5.91 Å². The van der Waals surface area contributed by atoms with Crippen LogP contribution in [0.1, 0.15) is 47.2 Å². The van der Waals surface area contributed by atoms with Gasteiger partial charge in [-0.1, -0.05) is 30.3 Å². The average molecular weight is 393 g/mol. The Kier molecular flexibility index (Phi) is 6.36. The van der Waals surface area contributed by atoms with E-state index in [0.29, 0.717) is 18.3 Å². The summed E-state index contributed by atoms with van der Waals surface area (Å²) in [5.74, 6) is 0.702. The average Bonchev–Trinajstić information content (AvgIpc) is 3.43. The lowest BCUT2D eigenvalue weighted by molar-refractivity contribution is 0.0943. The molecule has 0 radical (unpaired) electrons. The summed E-state index contributed by atoms with van der Waals surface area (Å²) in [6.45, 7) is 3.24. The lowest BCUT2D eigenvalue weighted by Gasteiger charge is -2.22. The molecule has 1 aliphatic heterocycles. The molecule has 29 heavy (non-hydrogen) atoms. The van der Waals surface area contributed by atoms with Crippen molar-refractivity contribution >= 4 is 5.91 Å².